The highest BCUT2D eigenvalue weighted by Gasteiger charge is 2.25. The summed E-state index contributed by atoms with van der Waals surface area (Å²) >= 11 is 0. The fraction of sp³-hybridized carbons (Fsp3) is 0.500. The summed E-state index contributed by atoms with van der Waals surface area (Å²) in [7, 11) is 0. The van der Waals surface area contributed by atoms with Gasteiger partial charge in [-0.05, 0) is 36.3 Å². The molecule has 0 aromatic heterocycles. The van der Waals surface area contributed by atoms with Crippen LogP contribution in [0.25, 0.3) is 0 Å². The third-order valence-electron chi connectivity index (χ3n) is 3.17. The van der Waals surface area contributed by atoms with Crippen molar-refractivity contribution in [2.75, 3.05) is 0 Å². The van der Waals surface area contributed by atoms with Gasteiger partial charge in [0.05, 0.1) is 0 Å². The molecule has 1 aromatic carbocycles. The van der Waals surface area contributed by atoms with Crippen LogP contribution in [0.3, 0.4) is 0 Å². The molecule has 0 saturated heterocycles. The van der Waals surface area contributed by atoms with Crippen LogP contribution in [-0.4, -0.2) is 6.04 Å². The number of fused-ring (bicyclic) bond motifs is 1. The van der Waals surface area contributed by atoms with Crippen LogP contribution in [0.2, 0.25) is 0 Å². The Balaban J connectivity index is 2.28. The standard InChI is InChI=1S/C12H17N/c1-2-12(13)11-8-7-9-5-3-4-6-10(9)11/h3-6,11-12H,2,7-8,13H2,1H3. The van der Waals surface area contributed by atoms with Gasteiger partial charge in [0, 0.05) is 6.04 Å². The van der Waals surface area contributed by atoms with E-state index in [0.717, 1.165) is 6.42 Å². The highest BCUT2D eigenvalue weighted by Crippen LogP contribution is 2.35. The summed E-state index contributed by atoms with van der Waals surface area (Å²) in [5.41, 5.74) is 9.10. The normalized spacial score (nSPS) is 22.8. The Morgan fingerprint density at radius 1 is 1.46 bits per heavy atom. The zero-order valence-electron chi connectivity index (χ0n) is 8.16. The maximum atomic E-state index is 6.09. The maximum absolute atomic E-state index is 6.09. The van der Waals surface area contributed by atoms with E-state index in [4.69, 9.17) is 5.73 Å². The average Bonchev–Trinajstić information content (AvgIpc) is 2.60. The van der Waals surface area contributed by atoms with Gasteiger partial charge in [0.1, 0.15) is 0 Å². The van der Waals surface area contributed by atoms with Crippen molar-refractivity contribution < 1.29 is 0 Å². The Hall–Kier alpha value is -0.820. The molecule has 2 unspecified atom stereocenters. The van der Waals surface area contributed by atoms with E-state index in [1.54, 1.807) is 0 Å². The van der Waals surface area contributed by atoms with Crippen molar-refractivity contribution in [1.82, 2.24) is 0 Å². The number of benzene rings is 1. The number of hydrogen-bond donors (Lipinski definition) is 1. The third-order valence-corrected chi connectivity index (χ3v) is 3.17. The molecule has 2 N–H and O–H groups in total. The minimum absolute atomic E-state index is 0.351. The molecule has 1 aliphatic rings. The molecule has 0 spiro atoms. The fourth-order valence-electron chi connectivity index (χ4n) is 2.32. The van der Waals surface area contributed by atoms with Crippen LogP contribution in [0.1, 0.15) is 36.8 Å². The monoisotopic (exact) mass is 175 g/mol. The molecule has 0 aliphatic heterocycles. The lowest BCUT2D eigenvalue weighted by atomic mass is 9.92. The number of nitrogens with two attached hydrogens (primary N) is 1. The van der Waals surface area contributed by atoms with E-state index in [1.807, 2.05) is 0 Å². The zero-order chi connectivity index (χ0) is 9.26. The smallest absolute Gasteiger partial charge is 0.0105 e. The number of rotatable bonds is 2. The van der Waals surface area contributed by atoms with Crippen LogP contribution < -0.4 is 5.73 Å². The summed E-state index contributed by atoms with van der Waals surface area (Å²) in [5, 5.41) is 0. The Morgan fingerprint density at radius 2 is 2.23 bits per heavy atom. The molecule has 1 aromatic rings. The Labute approximate surface area is 80.0 Å². The summed E-state index contributed by atoms with van der Waals surface area (Å²) < 4.78 is 0. The van der Waals surface area contributed by atoms with Crippen LogP contribution in [-0.2, 0) is 6.42 Å². The molecule has 2 atom stereocenters. The third kappa shape index (κ3) is 1.49. The van der Waals surface area contributed by atoms with Gasteiger partial charge in [-0.15, -0.1) is 0 Å². The Bertz CT molecular complexity index is 293. The van der Waals surface area contributed by atoms with Gasteiger partial charge < -0.3 is 5.73 Å². The Kier molecular flexibility index (Phi) is 2.36. The van der Waals surface area contributed by atoms with Gasteiger partial charge in [0.15, 0.2) is 0 Å². The highest BCUT2D eigenvalue weighted by atomic mass is 14.6. The van der Waals surface area contributed by atoms with Crippen molar-refractivity contribution in [3.05, 3.63) is 35.4 Å². The molecule has 0 fully saturated rings. The van der Waals surface area contributed by atoms with Crippen molar-refractivity contribution in [3.8, 4) is 0 Å². The Morgan fingerprint density at radius 3 is 3.00 bits per heavy atom. The predicted octanol–water partition coefficient (Wildman–Crippen LogP) is 2.45. The van der Waals surface area contributed by atoms with E-state index in [1.165, 1.54) is 24.0 Å². The molecule has 0 saturated carbocycles. The molecule has 2 rings (SSSR count). The molecular weight excluding hydrogens is 158 g/mol. The summed E-state index contributed by atoms with van der Waals surface area (Å²) in [4.78, 5) is 0. The second kappa shape index (κ2) is 3.51. The van der Waals surface area contributed by atoms with Crippen molar-refractivity contribution >= 4 is 0 Å². The largest absolute Gasteiger partial charge is 0.327 e. The SMILES string of the molecule is CCC(N)C1CCc2ccccc21. The average molecular weight is 175 g/mol. The van der Waals surface area contributed by atoms with Crippen molar-refractivity contribution in [1.29, 1.82) is 0 Å². The van der Waals surface area contributed by atoms with Gasteiger partial charge in [0.25, 0.3) is 0 Å². The van der Waals surface area contributed by atoms with E-state index in [-0.39, 0.29) is 0 Å². The van der Waals surface area contributed by atoms with E-state index in [9.17, 15) is 0 Å². The molecule has 1 heteroatoms. The molecule has 13 heavy (non-hydrogen) atoms. The summed E-state index contributed by atoms with van der Waals surface area (Å²) in [6.45, 7) is 2.17. The van der Waals surface area contributed by atoms with Crippen LogP contribution in [0.4, 0.5) is 0 Å². The van der Waals surface area contributed by atoms with E-state index in [2.05, 4.69) is 31.2 Å². The molecule has 0 heterocycles. The lowest BCUT2D eigenvalue weighted by Gasteiger charge is -2.18. The molecule has 1 nitrogen and oxygen atoms in total. The summed E-state index contributed by atoms with van der Waals surface area (Å²) in [5.74, 6) is 0.612. The zero-order valence-corrected chi connectivity index (χ0v) is 8.16. The van der Waals surface area contributed by atoms with Gasteiger partial charge in [-0.25, -0.2) is 0 Å². The van der Waals surface area contributed by atoms with Crippen molar-refractivity contribution in [2.45, 2.75) is 38.1 Å². The van der Waals surface area contributed by atoms with Crippen LogP contribution in [0, 0.1) is 0 Å². The van der Waals surface area contributed by atoms with Crippen molar-refractivity contribution in [3.63, 3.8) is 0 Å². The molecule has 0 radical (unpaired) electrons. The molecule has 0 amide bonds. The van der Waals surface area contributed by atoms with Gasteiger partial charge in [-0.1, -0.05) is 31.2 Å². The minimum Gasteiger partial charge on any atom is -0.327 e. The van der Waals surface area contributed by atoms with Crippen molar-refractivity contribution in [2.24, 2.45) is 5.73 Å². The topological polar surface area (TPSA) is 26.0 Å². The molecule has 0 bridgehead atoms. The van der Waals surface area contributed by atoms with Gasteiger partial charge in [-0.3, -0.25) is 0 Å². The lowest BCUT2D eigenvalue weighted by molar-refractivity contribution is 0.515. The van der Waals surface area contributed by atoms with Crippen LogP contribution in [0.5, 0.6) is 0 Å². The predicted molar refractivity (Wildman–Crippen MR) is 55.8 cm³/mol. The van der Waals surface area contributed by atoms with Gasteiger partial charge >= 0.3 is 0 Å². The molecular formula is C12H17N. The number of hydrogen-bond acceptors (Lipinski definition) is 1. The fourth-order valence-corrected chi connectivity index (χ4v) is 2.32. The van der Waals surface area contributed by atoms with Crippen LogP contribution in [0.15, 0.2) is 24.3 Å². The maximum Gasteiger partial charge on any atom is 0.0105 e. The van der Waals surface area contributed by atoms with E-state index >= 15 is 0 Å². The summed E-state index contributed by atoms with van der Waals surface area (Å²) in [6.07, 6.45) is 3.54. The summed E-state index contributed by atoms with van der Waals surface area (Å²) in [6, 6.07) is 9.07. The number of aryl methyl sites for hydroxylation is 1. The van der Waals surface area contributed by atoms with E-state index < -0.39 is 0 Å². The quantitative estimate of drug-likeness (QED) is 0.734. The first-order chi connectivity index (χ1) is 6.33. The first-order valence-electron chi connectivity index (χ1n) is 5.16. The minimum atomic E-state index is 0.351. The molecule has 1 aliphatic carbocycles. The van der Waals surface area contributed by atoms with Gasteiger partial charge in [-0.2, -0.15) is 0 Å². The second-order valence-corrected chi connectivity index (χ2v) is 3.92. The molecule has 70 valence electrons. The second-order valence-electron chi connectivity index (χ2n) is 3.92. The first-order valence-corrected chi connectivity index (χ1v) is 5.16. The first kappa shape index (κ1) is 8.76. The van der Waals surface area contributed by atoms with Crippen LogP contribution >= 0.6 is 0 Å². The van der Waals surface area contributed by atoms with Gasteiger partial charge in [0.2, 0.25) is 0 Å². The highest BCUT2D eigenvalue weighted by molar-refractivity contribution is 5.35. The lowest BCUT2D eigenvalue weighted by Crippen LogP contribution is -2.25. The van der Waals surface area contributed by atoms with E-state index in [0.29, 0.717) is 12.0 Å².